The zero-order valence-corrected chi connectivity index (χ0v) is 46.7. The maximum absolute atomic E-state index is 14.9. The van der Waals surface area contributed by atoms with Crippen LogP contribution in [0.1, 0.15) is 88.4 Å². The number of ether oxygens (including phenoxy) is 11. The third-order valence-corrected chi connectivity index (χ3v) is 13.7. The van der Waals surface area contributed by atoms with Crippen molar-refractivity contribution < 1.29 is 76.1 Å². The van der Waals surface area contributed by atoms with Crippen LogP contribution < -0.4 is 0 Å². The Morgan fingerprint density at radius 3 is 1.51 bits per heavy atom. The van der Waals surface area contributed by atoms with Crippen LogP contribution in [-0.4, -0.2) is 111 Å². The summed E-state index contributed by atoms with van der Waals surface area (Å²) in [7, 11) is 0. The van der Waals surface area contributed by atoms with Gasteiger partial charge < -0.3 is 56.9 Å². The molecule has 6 aromatic carbocycles. The molecule has 0 radical (unpaired) electrons. The lowest BCUT2D eigenvalue weighted by molar-refractivity contribution is -0.362. The van der Waals surface area contributed by atoms with Gasteiger partial charge >= 0.3 is 23.9 Å². The van der Waals surface area contributed by atoms with Crippen molar-refractivity contribution in [3.05, 3.63) is 226 Å². The predicted octanol–water partition coefficient (Wildman–Crippen LogP) is 10.6. The van der Waals surface area contributed by atoms with Crippen molar-refractivity contribution in [2.45, 2.75) is 133 Å². The third-order valence-electron chi connectivity index (χ3n) is 13.7. The van der Waals surface area contributed by atoms with Gasteiger partial charge in [0, 0.05) is 24.5 Å². The van der Waals surface area contributed by atoms with E-state index in [2.05, 4.69) is 10.0 Å². The largest absolute Gasteiger partial charge is 0.459 e. The second-order valence-electron chi connectivity index (χ2n) is 20.1. The van der Waals surface area contributed by atoms with Crippen LogP contribution in [0.4, 0.5) is 0 Å². The van der Waals surface area contributed by atoms with Gasteiger partial charge in [-0.05, 0) is 71.8 Å². The molecule has 440 valence electrons. The van der Waals surface area contributed by atoms with E-state index in [1.807, 2.05) is 72.8 Å². The molecule has 0 aromatic heterocycles. The van der Waals surface area contributed by atoms with Gasteiger partial charge in [-0.25, -0.2) is 14.4 Å². The highest BCUT2D eigenvalue weighted by atomic mass is 16.8. The highest BCUT2D eigenvalue weighted by Gasteiger charge is 2.58. The number of carbonyl (C=O) groups excluding carboxylic acids is 5. The Balaban J connectivity index is 1.25. The molecule has 8 rings (SSSR count). The molecular weight excluding hydrogens is 1080 g/mol. The molecule has 2 saturated heterocycles. The summed E-state index contributed by atoms with van der Waals surface area (Å²) in [5, 5.41) is 3.64. The third kappa shape index (κ3) is 19.0. The minimum Gasteiger partial charge on any atom is -0.459 e. The van der Waals surface area contributed by atoms with Crippen LogP contribution in [0.2, 0.25) is 0 Å². The van der Waals surface area contributed by atoms with Gasteiger partial charge in [0.15, 0.2) is 37.0 Å². The number of esters is 4. The number of hydrogen-bond donors (Lipinski definition) is 0. The number of hydrogen-bond acceptors (Lipinski definition) is 17. The van der Waals surface area contributed by atoms with E-state index in [1.165, 1.54) is 19.1 Å². The van der Waals surface area contributed by atoms with Crippen LogP contribution in [0.3, 0.4) is 0 Å². The van der Waals surface area contributed by atoms with Gasteiger partial charge in [-0.1, -0.05) is 176 Å². The van der Waals surface area contributed by atoms with Gasteiger partial charge in [0.2, 0.25) is 0 Å². The number of azide groups is 1. The first-order valence-electron chi connectivity index (χ1n) is 28.1. The Morgan fingerprint density at radius 1 is 0.488 bits per heavy atom. The van der Waals surface area contributed by atoms with E-state index < -0.39 is 85.3 Å². The standard InChI is InChI=1S/C65H69N3O16/c1-45(69)36-37-53(70)80-57-56(77-42-48-28-14-6-15-29-48)58(63(73)78-43-49-30-16-7-17-31-49)84-65(60(57)82-62(72)51-34-20-9-21-35-51)83-54-52(44-74-40-46-24-10-4-11-25-46)79-64(75-39-23-3-2-22-38-67-68-66)59(81-61(71)50-32-18-8-19-33-50)55(54)76-41-47-26-12-5-13-27-47/h4-21,24-35,52,54-60,64-65H,2-3,22-23,36-44H2,1H3/t52-,54-,55+,56+,57+,58+,59-,60-,64-,65-/m1/s1. The van der Waals surface area contributed by atoms with Gasteiger partial charge in [-0.15, -0.1) is 0 Å². The number of ketones is 1. The van der Waals surface area contributed by atoms with Crippen molar-refractivity contribution in [2.24, 2.45) is 5.11 Å². The summed E-state index contributed by atoms with van der Waals surface area (Å²) in [5.41, 5.74) is 12.0. The first-order valence-corrected chi connectivity index (χ1v) is 28.1. The van der Waals surface area contributed by atoms with Gasteiger partial charge in [0.25, 0.3) is 0 Å². The van der Waals surface area contributed by atoms with Gasteiger partial charge in [-0.3, -0.25) is 4.79 Å². The minimum atomic E-state index is -1.88. The molecule has 2 heterocycles. The molecule has 0 saturated carbocycles. The molecular formula is C65H69N3O16. The molecule has 0 spiro atoms. The molecule has 0 aliphatic carbocycles. The van der Waals surface area contributed by atoms with Gasteiger partial charge in [-0.2, -0.15) is 0 Å². The summed E-state index contributed by atoms with van der Waals surface area (Å²) in [6.45, 7) is 1.30. The Bertz CT molecular complexity index is 3010. The molecule has 84 heavy (non-hydrogen) atoms. The summed E-state index contributed by atoms with van der Waals surface area (Å²) in [6, 6.07) is 53.0. The normalized spacial score (nSPS) is 21.9. The monoisotopic (exact) mass is 1150 g/mol. The fraction of sp³-hybridized carbons (Fsp3) is 0.369. The van der Waals surface area contributed by atoms with Crippen molar-refractivity contribution in [2.75, 3.05) is 19.8 Å². The van der Waals surface area contributed by atoms with E-state index in [4.69, 9.17) is 57.6 Å². The second-order valence-corrected chi connectivity index (χ2v) is 20.1. The van der Waals surface area contributed by atoms with Crippen LogP contribution >= 0.6 is 0 Å². The molecule has 0 unspecified atom stereocenters. The molecule has 0 bridgehead atoms. The Hall–Kier alpha value is -8.10. The maximum Gasteiger partial charge on any atom is 0.338 e. The van der Waals surface area contributed by atoms with Gasteiger partial charge in [0.1, 0.15) is 36.8 Å². The fourth-order valence-electron chi connectivity index (χ4n) is 9.45. The SMILES string of the molecule is CC(=O)CCC(=O)O[C@@H]1[C@@H](OC(=O)c2ccccc2)[C@H](O[C@H]2[C@H](OCc3ccccc3)[C@@H](OC(=O)c3ccccc3)[C@H](OCCCCCCN=[N+]=[N-])O[C@@H]2COCc2ccccc2)O[C@H](C(=O)OCc2ccccc2)[C@H]1OCc1ccccc1. The summed E-state index contributed by atoms with van der Waals surface area (Å²) in [5.74, 6) is -3.78. The Morgan fingerprint density at radius 2 is 0.976 bits per heavy atom. The van der Waals surface area contributed by atoms with E-state index in [0.717, 1.165) is 17.5 Å². The lowest BCUT2D eigenvalue weighted by atomic mass is 9.95. The van der Waals surface area contributed by atoms with Gasteiger partial charge in [0.05, 0.1) is 44.0 Å². The maximum atomic E-state index is 14.9. The van der Waals surface area contributed by atoms with E-state index in [0.29, 0.717) is 36.9 Å². The highest BCUT2D eigenvalue weighted by molar-refractivity contribution is 5.90. The fourth-order valence-corrected chi connectivity index (χ4v) is 9.45. The van der Waals surface area contributed by atoms with E-state index in [1.54, 1.807) is 97.1 Å². The van der Waals surface area contributed by atoms with Crippen LogP contribution in [0.25, 0.3) is 10.4 Å². The lowest BCUT2D eigenvalue weighted by Gasteiger charge is -2.49. The number of Topliss-reactive ketones (excluding diaryl/α,β-unsaturated/α-hetero) is 1. The van der Waals surface area contributed by atoms with Crippen LogP contribution in [-0.2, 0) is 92.9 Å². The number of unbranched alkanes of at least 4 members (excludes halogenated alkanes) is 3. The molecule has 10 atom stereocenters. The summed E-state index contributed by atoms with van der Waals surface area (Å²) >= 11 is 0. The van der Waals surface area contributed by atoms with E-state index >= 15 is 0 Å². The molecule has 0 N–H and O–H groups in total. The zero-order chi connectivity index (χ0) is 58.7. The summed E-state index contributed by atoms with van der Waals surface area (Å²) in [6.07, 6.45) is -13.3. The molecule has 2 aliphatic heterocycles. The van der Waals surface area contributed by atoms with Crippen LogP contribution in [0, 0.1) is 0 Å². The van der Waals surface area contributed by atoms with Crippen molar-refractivity contribution >= 4 is 29.7 Å². The Kier molecular flexibility index (Phi) is 24.5. The highest BCUT2D eigenvalue weighted by Crippen LogP contribution is 2.37. The minimum absolute atomic E-state index is 0.0710. The molecule has 2 fully saturated rings. The van der Waals surface area contributed by atoms with E-state index in [9.17, 15) is 24.0 Å². The molecule has 19 heteroatoms. The molecule has 2 aliphatic rings. The molecule has 0 amide bonds. The topological polar surface area (TPSA) is 236 Å². The quantitative estimate of drug-likeness (QED) is 0.00982. The van der Waals surface area contributed by atoms with Crippen LogP contribution in [0.15, 0.2) is 187 Å². The van der Waals surface area contributed by atoms with Crippen molar-refractivity contribution in [1.82, 2.24) is 0 Å². The van der Waals surface area contributed by atoms with Crippen molar-refractivity contribution in [3.8, 4) is 0 Å². The number of nitrogens with zero attached hydrogens (tertiary/aromatic N) is 3. The first kappa shape index (κ1) is 62.0. The first-order chi connectivity index (χ1) is 41.1. The van der Waals surface area contributed by atoms with Crippen molar-refractivity contribution in [3.63, 3.8) is 0 Å². The predicted molar refractivity (Wildman–Crippen MR) is 304 cm³/mol. The van der Waals surface area contributed by atoms with E-state index in [-0.39, 0.29) is 69.4 Å². The zero-order valence-electron chi connectivity index (χ0n) is 46.7. The number of rotatable bonds is 31. The van der Waals surface area contributed by atoms with Crippen molar-refractivity contribution in [1.29, 1.82) is 0 Å². The number of benzene rings is 6. The summed E-state index contributed by atoms with van der Waals surface area (Å²) in [4.78, 5) is 73.2. The number of carbonyl (C=O) groups is 5. The summed E-state index contributed by atoms with van der Waals surface area (Å²) < 4.78 is 72.5. The lowest BCUT2D eigenvalue weighted by Crippen LogP contribution is -2.67. The average molecular weight is 1150 g/mol. The van der Waals surface area contributed by atoms with Crippen LogP contribution in [0.5, 0.6) is 0 Å². The smallest absolute Gasteiger partial charge is 0.338 e. The second kappa shape index (κ2) is 33.3. The Labute approximate surface area is 487 Å². The average Bonchev–Trinajstić information content (AvgIpc) is 2.14. The molecule has 6 aromatic rings. The molecule has 19 nitrogen and oxygen atoms in total.